The molecule has 0 bridgehead atoms. The van der Waals surface area contributed by atoms with Gasteiger partial charge in [-0.3, -0.25) is 9.52 Å². The quantitative estimate of drug-likeness (QED) is 0.265. The topological polar surface area (TPSA) is 150 Å². The molecule has 1 heterocycles. The maximum absolute atomic E-state index is 13.6. The first-order valence-corrected chi connectivity index (χ1v) is 18.2. The molecule has 1 atom stereocenters. The monoisotopic (exact) mass is 708 g/mol. The highest BCUT2D eigenvalue weighted by atomic mass is 32.2. The first-order chi connectivity index (χ1) is 22.1. The van der Waals surface area contributed by atoms with Crippen LogP contribution in [0.5, 0.6) is 0 Å². The Hall–Kier alpha value is -4.29. The molecule has 1 aliphatic rings. The van der Waals surface area contributed by atoms with Gasteiger partial charge in [-0.2, -0.15) is 21.8 Å². The van der Waals surface area contributed by atoms with Gasteiger partial charge in [-0.05, 0) is 66.7 Å². The summed E-state index contributed by atoms with van der Waals surface area (Å²) in [7, 11) is -12.7. The van der Waals surface area contributed by atoms with Crippen molar-refractivity contribution in [3.8, 4) is 0 Å². The molecule has 4 aromatic rings. The van der Waals surface area contributed by atoms with Crippen LogP contribution in [-0.2, 0) is 41.0 Å². The Bertz CT molecular complexity index is 2080. The van der Waals surface area contributed by atoms with Crippen LogP contribution in [0.1, 0.15) is 5.56 Å². The van der Waals surface area contributed by atoms with Crippen molar-refractivity contribution in [3.05, 3.63) is 115 Å². The molecule has 0 spiro atoms. The lowest BCUT2D eigenvalue weighted by Gasteiger charge is -2.38. The third kappa shape index (κ3) is 7.49. The fraction of sp³-hybridized carbons (Fsp3) is 0.167. The SMILES string of the molecule is O=C(Nc1ccc(S(=O)(=O)Nc2cccc(C(F)(F)F)c2)cc1)[C@@H]1CN(S(=O)(=O)c2ccccc2)CCN1S(=O)(=O)c1ccccc1. The standard InChI is InChI=1S/C30H27F3N4O7S3/c31-30(32,33)22-8-7-9-24(20-22)35-45(39,40)25-16-14-23(15-17-25)34-29(38)28-21-36(46(41,42)26-10-3-1-4-11-26)18-19-37(28)47(43,44)27-12-5-2-6-13-27/h1-17,20,28,35H,18-19,21H2,(H,34,38)/t28-/m0/s1. The minimum absolute atomic E-state index is 0.0333. The van der Waals surface area contributed by atoms with Crippen LogP contribution in [0.3, 0.4) is 0 Å². The predicted octanol–water partition coefficient (Wildman–Crippen LogP) is 4.21. The van der Waals surface area contributed by atoms with Crippen molar-refractivity contribution in [3.63, 3.8) is 0 Å². The average Bonchev–Trinajstić information content (AvgIpc) is 3.05. The number of carbonyl (C=O) groups excluding carboxylic acids is 1. The Morgan fingerprint density at radius 2 is 1.23 bits per heavy atom. The fourth-order valence-electron chi connectivity index (χ4n) is 4.85. The van der Waals surface area contributed by atoms with Crippen molar-refractivity contribution in [2.24, 2.45) is 0 Å². The highest BCUT2D eigenvalue weighted by Crippen LogP contribution is 2.31. The zero-order valence-corrected chi connectivity index (χ0v) is 26.7. The smallest absolute Gasteiger partial charge is 0.325 e. The van der Waals surface area contributed by atoms with Gasteiger partial charge < -0.3 is 5.32 Å². The van der Waals surface area contributed by atoms with E-state index in [1.54, 1.807) is 12.1 Å². The van der Waals surface area contributed by atoms with Gasteiger partial charge in [0.25, 0.3) is 10.0 Å². The number of piperazine rings is 1. The molecule has 0 unspecified atom stereocenters. The van der Waals surface area contributed by atoms with E-state index in [0.717, 1.165) is 38.9 Å². The number of anilines is 2. The Labute approximate surface area is 269 Å². The number of sulfonamides is 3. The molecule has 17 heteroatoms. The van der Waals surface area contributed by atoms with Gasteiger partial charge in [0, 0.05) is 31.0 Å². The highest BCUT2D eigenvalue weighted by molar-refractivity contribution is 7.92. The molecule has 1 amide bonds. The summed E-state index contributed by atoms with van der Waals surface area (Å²) in [4.78, 5) is 13.2. The number of alkyl halides is 3. The molecule has 0 aliphatic carbocycles. The lowest BCUT2D eigenvalue weighted by Crippen LogP contribution is -2.60. The van der Waals surface area contributed by atoms with Crippen molar-refractivity contribution < 1.29 is 43.2 Å². The van der Waals surface area contributed by atoms with Gasteiger partial charge in [0.05, 0.1) is 20.2 Å². The molecule has 11 nitrogen and oxygen atoms in total. The molecule has 2 N–H and O–H groups in total. The molecular weight excluding hydrogens is 682 g/mol. The number of amides is 1. The van der Waals surface area contributed by atoms with Crippen LogP contribution < -0.4 is 10.0 Å². The predicted molar refractivity (Wildman–Crippen MR) is 167 cm³/mol. The molecule has 5 rings (SSSR count). The van der Waals surface area contributed by atoms with E-state index in [-0.39, 0.29) is 39.2 Å². The summed E-state index contributed by atoms with van der Waals surface area (Å²) in [6.07, 6.45) is -4.68. The van der Waals surface area contributed by atoms with E-state index in [1.165, 1.54) is 60.7 Å². The maximum atomic E-state index is 13.6. The van der Waals surface area contributed by atoms with Gasteiger partial charge in [0.2, 0.25) is 26.0 Å². The van der Waals surface area contributed by atoms with Crippen LogP contribution in [0.25, 0.3) is 0 Å². The zero-order chi connectivity index (χ0) is 34.0. The Kier molecular flexibility index (Phi) is 9.47. The first kappa shape index (κ1) is 34.1. The number of hydrogen-bond donors (Lipinski definition) is 2. The van der Waals surface area contributed by atoms with Crippen molar-refractivity contribution in [2.45, 2.75) is 26.9 Å². The summed E-state index contributed by atoms with van der Waals surface area (Å²) < 4.78 is 123. The molecule has 0 saturated carbocycles. The van der Waals surface area contributed by atoms with Gasteiger partial charge in [0.1, 0.15) is 6.04 Å². The van der Waals surface area contributed by atoms with E-state index in [2.05, 4.69) is 10.0 Å². The van der Waals surface area contributed by atoms with Gasteiger partial charge in [-0.1, -0.05) is 42.5 Å². The lowest BCUT2D eigenvalue weighted by atomic mass is 10.2. The minimum atomic E-state index is -4.68. The summed E-state index contributed by atoms with van der Waals surface area (Å²) in [6.45, 7) is -1.07. The molecule has 1 fully saturated rings. The summed E-state index contributed by atoms with van der Waals surface area (Å²) in [6, 6.07) is 21.5. The largest absolute Gasteiger partial charge is 0.416 e. The molecule has 4 aromatic carbocycles. The molecule has 0 aromatic heterocycles. The second-order valence-corrected chi connectivity index (χ2v) is 15.8. The number of benzene rings is 4. The van der Waals surface area contributed by atoms with E-state index in [9.17, 15) is 43.2 Å². The van der Waals surface area contributed by atoms with Gasteiger partial charge in [-0.25, -0.2) is 25.3 Å². The van der Waals surface area contributed by atoms with E-state index in [0.29, 0.717) is 6.07 Å². The van der Waals surface area contributed by atoms with Crippen LogP contribution in [0.4, 0.5) is 24.5 Å². The number of carbonyl (C=O) groups is 1. The second-order valence-electron chi connectivity index (χ2n) is 10.3. The van der Waals surface area contributed by atoms with Gasteiger partial charge in [0.15, 0.2) is 0 Å². The average molecular weight is 709 g/mol. The van der Waals surface area contributed by atoms with Crippen molar-refractivity contribution in [1.82, 2.24) is 8.61 Å². The van der Waals surface area contributed by atoms with E-state index in [4.69, 9.17) is 0 Å². The van der Waals surface area contributed by atoms with Crippen LogP contribution >= 0.6 is 0 Å². The molecule has 1 saturated heterocycles. The van der Waals surface area contributed by atoms with E-state index < -0.39 is 60.3 Å². The molecule has 1 aliphatic heterocycles. The zero-order valence-electron chi connectivity index (χ0n) is 24.2. The number of nitrogens with zero attached hydrogens (tertiary/aromatic N) is 2. The third-order valence-corrected chi connectivity index (χ3v) is 12.4. The Morgan fingerprint density at radius 1 is 0.660 bits per heavy atom. The Balaban J connectivity index is 1.39. The second kappa shape index (κ2) is 13.1. The van der Waals surface area contributed by atoms with Gasteiger partial charge in [-0.15, -0.1) is 0 Å². The van der Waals surface area contributed by atoms with Crippen LogP contribution in [0.2, 0.25) is 0 Å². The fourth-order valence-corrected chi connectivity index (χ4v) is 8.95. The molecule has 47 heavy (non-hydrogen) atoms. The number of nitrogens with one attached hydrogen (secondary N) is 2. The summed E-state index contributed by atoms with van der Waals surface area (Å²) >= 11 is 0. The highest BCUT2D eigenvalue weighted by Gasteiger charge is 2.43. The normalized spacial score (nSPS) is 16.8. The third-order valence-electron chi connectivity index (χ3n) is 7.20. The van der Waals surface area contributed by atoms with Gasteiger partial charge >= 0.3 is 6.18 Å². The summed E-state index contributed by atoms with van der Waals surface area (Å²) in [5.41, 5.74) is -1.31. The molecule has 248 valence electrons. The first-order valence-electron chi connectivity index (χ1n) is 13.8. The number of hydrogen-bond acceptors (Lipinski definition) is 7. The van der Waals surface area contributed by atoms with E-state index >= 15 is 0 Å². The summed E-state index contributed by atoms with van der Waals surface area (Å²) in [5.74, 6) is -0.879. The minimum Gasteiger partial charge on any atom is -0.325 e. The Morgan fingerprint density at radius 3 is 1.81 bits per heavy atom. The van der Waals surface area contributed by atoms with Crippen molar-refractivity contribution in [2.75, 3.05) is 29.7 Å². The van der Waals surface area contributed by atoms with E-state index in [1.807, 2.05) is 0 Å². The molecule has 0 radical (unpaired) electrons. The van der Waals surface area contributed by atoms with Crippen LogP contribution in [0, 0.1) is 0 Å². The van der Waals surface area contributed by atoms with Crippen LogP contribution in [0.15, 0.2) is 124 Å². The number of halogens is 3. The summed E-state index contributed by atoms with van der Waals surface area (Å²) in [5, 5.41) is 2.52. The molecular formula is C30H27F3N4O7S3. The lowest BCUT2D eigenvalue weighted by molar-refractivity contribution is -0.137. The number of rotatable bonds is 9. The maximum Gasteiger partial charge on any atom is 0.416 e. The van der Waals surface area contributed by atoms with Crippen molar-refractivity contribution in [1.29, 1.82) is 0 Å². The van der Waals surface area contributed by atoms with Crippen molar-refractivity contribution >= 4 is 47.4 Å². The van der Waals surface area contributed by atoms with Crippen LogP contribution in [-0.4, -0.2) is 65.4 Å².